The van der Waals surface area contributed by atoms with Crippen LogP contribution in [-0.4, -0.2) is 25.2 Å². The molecule has 0 unspecified atom stereocenters. The van der Waals surface area contributed by atoms with Gasteiger partial charge in [-0.2, -0.15) is 0 Å². The van der Waals surface area contributed by atoms with Gasteiger partial charge in [-0.15, -0.1) is 0 Å². The Kier molecular flexibility index (Phi) is 6.25. The Labute approximate surface area is 125 Å². The highest BCUT2D eigenvalue weighted by atomic mass is 16.5. The Morgan fingerprint density at radius 3 is 1.43 bits per heavy atom. The third-order valence-corrected chi connectivity index (χ3v) is 3.62. The first kappa shape index (κ1) is 15.5. The van der Waals surface area contributed by atoms with Gasteiger partial charge < -0.3 is 9.47 Å². The highest BCUT2D eigenvalue weighted by Gasteiger charge is 2.18. The first-order valence-corrected chi connectivity index (χ1v) is 7.72. The molecule has 4 heteroatoms. The van der Waals surface area contributed by atoms with Crippen molar-refractivity contribution in [2.75, 3.05) is 13.2 Å². The maximum absolute atomic E-state index is 12.1. The summed E-state index contributed by atoms with van der Waals surface area (Å²) in [5, 5.41) is 0. The number of hydrogen-bond donors (Lipinski definition) is 0. The Morgan fingerprint density at radius 1 is 0.619 bits per heavy atom. The monoisotopic (exact) mass is 290 g/mol. The molecule has 0 N–H and O–H groups in total. The van der Waals surface area contributed by atoms with E-state index in [4.69, 9.17) is 9.47 Å². The molecule has 0 saturated heterocycles. The lowest BCUT2D eigenvalue weighted by atomic mass is 10.1. The number of hydrogen-bond acceptors (Lipinski definition) is 4. The maximum Gasteiger partial charge on any atom is 0.339 e. The van der Waals surface area contributed by atoms with E-state index in [0.717, 1.165) is 38.5 Å². The van der Waals surface area contributed by atoms with E-state index in [-0.39, 0.29) is 11.1 Å². The third-order valence-electron chi connectivity index (χ3n) is 3.62. The molecule has 2 rings (SSSR count). The van der Waals surface area contributed by atoms with Crippen molar-refractivity contribution >= 4 is 11.9 Å². The molecule has 0 aromatic heterocycles. The molecule has 0 spiro atoms. The molecule has 0 bridgehead atoms. The summed E-state index contributed by atoms with van der Waals surface area (Å²) in [6.45, 7) is 0.810. The molecule has 114 valence electrons. The number of esters is 2. The Bertz CT molecular complexity index is 438. The molecule has 4 nitrogen and oxygen atoms in total. The molecule has 0 aliphatic carbocycles. The molecule has 1 aromatic carbocycles. The zero-order valence-electron chi connectivity index (χ0n) is 12.3. The van der Waals surface area contributed by atoms with Crippen LogP contribution in [0.15, 0.2) is 24.3 Å². The lowest BCUT2D eigenvalue weighted by molar-refractivity contribution is 0.0452. The second-order valence-electron chi connectivity index (χ2n) is 5.29. The van der Waals surface area contributed by atoms with E-state index in [2.05, 4.69) is 0 Å². The van der Waals surface area contributed by atoms with Crippen LogP contribution in [0.1, 0.15) is 65.7 Å². The van der Waals surface area contributed by atoms with Crippen LogP contribution in [0.4, 0.5) is 0 Å². The zero-order valence-corrected chi connectivity index (χ0v) is 12.3. The number of benzene rings is 1. The molecule has 0 saturated carbocycles. The number of rotatable bonds is 0. The quantitative estimate of drug-likeness (QED) is 0.683. The third kappa shape index (κ3) is 4.88. The molecule has 1 heterocycles. The van der Waals surface area contributed by atoms with Gasteiger partial charge in [0.2, 0.25) is 0 Å². The molecule has 1 aliphatic heterocycles. The van der Waals surface area contributed by atoms with Gasteiger partial charge in [0.25, 0.3) is 0 Å². The van der Waals surface area contributed by atoms with Gasteiger partial charge in [0.05, 0.1) is 24.3 Å². The maximum atomic E-state index is 12.1. The predicted octanol–water partition coefficient (Wildman–Crippen LogP) is 3.74. The van der Waals surface area contributed by atoms with Crippen LogP contribution in [0.2, 0.25) is 0 Å². The van der Waals surface area contributed by atoms with Crippen LogP contribution >= 0.6 is 0 Å². The first-order chi connectivity index (χ1) is 10.3. The SMILES string of the molecule is O=C1OCCCCCCCCCOC(=O)c2ccccc21. The van der Waals surface area contributed by atoms with Gasteiger partial charge in [-0.05, 0) is 25.0 Å². The van der Waals surface area contributed by atoms with Crippen molar-refractivity contribution in [3.05, 3.63) is 35.4 Å². The van der Waals surface area contributed by atoms with E-state index in [0.29, 0.717) is 13.2 Å². The van der Waals surface area contributed by atoms with Crippen molar-refractivity contribution in [2.45, 2.75) is 44.9 Å². The number of fused-ring (bicyclic) bond motifs is 1. The summed E-state index contributed by atoms with van der Waals surface area (Å²) < 4.78 is 10.5. The summed E-state index contributed by atoms with van der Waals surface area (Å²) >= 11 is 0. The standard InChI is InChI=1S/C17H22O4/c18-16-14-10-6-7-11-15(14)17(19)21-13-9-5-3-1-2-4-8-12-20-16/h6-7,10-11H,1-5,8-9,12-13H2. The van der Waals surface area contributed by atoms with Gasteiger partial charge in [-0.25, -0.2) is 9.59 Å². The molecular formula is C17H22O4. The molecule has 0 amide bonds. The van der Waals surface area contributed by atoms with Crippen molar-refractivity contribution in [3.63, 3.8) is 0 Å². The first-order valence-electron chi connectivity index (χ1n) is 7.72. The summed E-state index contributed by atoms with van der Waals surface area (Å²) in [5.41, 5.74) is 0.578. The van der Waals surface area contributed by atoms with E-state index in [1.54, 1.807) is 24.3 Å². The van der Waals surface area contributed by atoms with Crippen molar-refractivity contribution in [2.24, 2.45) is 0 Å². The lowest BCUT2D eigenvalue weighted by Gasteiger charge is -2.09. The number of carbonyl (C=O) groups excluding carboxylic acids is 2. The van der Waals surface area contributed by atoms with Crippen LogP contribution < -0.4 is 0 Å². The van der Waals surface area contributed by atoms with Gasteiger partial charge in [0.1, 0.15) is 0 Å². The molecule has 1 aromatic rings. The fourth-order valence-electron chi connectivity index (χ4n) is 2.41. The van der Waals surface area contributed by atoms with E-state index < -0.39 is 11.9 Å². The molecule has 0 fully saturated rings. The van der Waals surface area contributed by atoms with Gasteiger partial charge in [0, 0.05) is 0 Å². The summed E-state index contributed by atoms with van der Waals surface area (Å²) in [7, 11) is 0. The van der Waals surface area contributed by atoms with Crippen LogP contribution in [0.25, 0.3) is 0 Å². The number of carbonyl (C=O) groups is 2. The van der Waals surface area contributed by atoms with Crippen LogP contribution in [-0.2, 0) is 9.47 Å². The summed E-state index contributed by atoms with van der Waals surface area (Å²) in [5.74, 6) is -0.894. The number of cyclic esters (lactones) is 2. The van der Waals surface area contributed by atoms with E-state index in [1.165, 1.54) is 6.42 Å². The number of ether oxygens (including phenoxy) is 2. The lowest BCUT2D eigenvalue weighted by Crippen LogP contribution is -2.14. The summed E-state index contributed by atoms with van der Waals surface area (Å²) in [6.07, 6.45) is 7.40. The predicted molar refractivity (Wildman–Crippen MR) is 79.3 cm³/mol. The summed E-state index contributed by atoms with van der Waals surface area (Å²) in [4.78, 5) is 24.1. The van der Waals surface area contributed by atoms with Gasteiger partial charge in [-0.3, -0.25) is 0 Å². The van der Waals surface area contributed by atoms with Crippen molar-refractivity contribution < 1.29 is 19.1 Å². The smallest absolute Gasteiger partial charge is 0.339 e. The van der Waals surface area contributed by atoms with Gasteiger partial charge in [0.15, 0.2) is 0 Å². The average molecular weight is 290 g/mol. The van der Waals surface area contributed by atoms with Gasteiger partial charge >= 0.3 is 11.9 Å². The molecule has 0 radical (unpaired) electrons. The summed E-state index contributed by atoms with van der Waals surface area (Å²) in [6, 6.07) is 6.66. The van der Waals surface area contributed by atoms with Crippen molar-refractivity contribution in [3.8, 4) is 0 Å². The van der Waals surface area contributed by atoms with Crippen LogP contribution in [0, 0.1) is 0 Å². The molecule has 0 atom stereocenters. The van der Waals surface area contributed by atoms with Crippen LogP contribution in [0.5, 0.6) is 0 Å². The minimum absolute atomic E-state index is 0.289. The fourth-order valence-corrected chi connectivity index (χ4v) is 2.41. The average Bonchev–Trinajstić information content (AvgIpc) is 2.51. The second-order valence-corrected chi connectivity index (χ2v) is 5.29. The molecule has 21 heavy (non-hydrogen) atoms. The van der Waals surface area contributed by atoms with Crippen molar-refractivity contribution in [1.82, 2.24) is 0 Å². The molecule has 1 aliphatic rings. The highest BCUT2D eigenvalue weighted by molar-refractivity contribution is 6.03. The molecular weight excluding hydrogens is 268 g/mol. The van der Waals surface area contributed by atoms with E-state index in [1.807, 2.05) is 0 Å². The second kappa shape index (κ2) is 8.45. The fraction of sp³-hybridized carbons (Fsp3) is 0.529. The minimum Gasteiger partial charge on any atom is -0.462 e. The largest absolute Gasteiger partial charge is 0.462 e. The van der Waals surface area contributed by atoms with E-state index in [9.17, 15) is 9.59 Å². The highest BCUT2D eigenvalue weighted by Crippen LogP contribution is 2.14. The minimum atomic E-state index is -0.447. The van der Waals surface area contributed by atoms with Crippen molar-refractivity contribution in [1.29, 1.82) is 0 Å². The Morgan fingerprint density at radius 2 is 1.00 bits per heavy atom. The Hall–Kier alpha value is -1.84. The van der Waals surface area contributed by atoms with Gasteiger partial charge in [-0.1, -0.05) is 44.2 Å². The normalized spacial score (nSPS) is 18.7. The topological polar surface area (TPSA) is 52.6 Å². The Balaban J connectivity index is 2.09. The van der Waals surface area contributed by atoms with Crippen LogP contribution in [0.3, 0.4) is 0 Å². The zero-order chi connectivity index (χ0) is 14.9. The van der Waals surface area contributed by atoms with E-state index >= 15 is 0 Å².